The van der Waals surface area contributed by atoms with Crippen molar-refractivity contribution in [3.8, 4) is 0 Å². The summed E-state index contributed by atoms with van der Waals surface area (Å²) in [5.41, 5.74) is 2.06. The average molecular weight is 432 g/mol. The van der Waals surface area contributed by atoms with Crippen LogP contribution in [0.25, 0.3) is 0 Å². The summed E-state index contributed by atoms with van der Waals surface area (Å²) in [6.07, 6.45) is 0.412. The molecule has 2 aromatic carbocycles. The highest BCUT2D eigenvalue weighted by atomic mass is 32.2. The molecule has 0 saturated carbocycles. The number of benzene rings is 2. The Kier molecular flexibility index (Phi) is 8.58. The smallest absolute Gasteiger partial charge is 0.241 e. The number of carbonyl (C=O) groups excluding carboxylic acids is 1. The molecule has 0 radical (unpaired) electrons. The van der Waals surface area contributed by atoms with Crippen LogP contribution in [0.15, 0.2) is 59.5 Å². The van der Waals surface area contributed by atoms with Crippen LogP contribution in [0, 0.1) is 12.8 Å². The summed E-state index contributed by atoms with van der Waals surface area (Å²) < 4.78 is 28.2. The van der Waals surface area contributed by atoms with E-state index in [1.807, 2.05) is 70.1 Å². The lowest BCUT2D eigenvalue weighted by atomic mass is 10.0. The molecule has 30 heavy (non-hydrogen) atoms. The third kappa shape index (κ3) is 6.93. The molecule has 2 rings (SSSR count). The fourth-order valence-electron chi connectivity index (χ4n) is 3.25. The quantitative estimate of drug-likeness (QED) is 0.606. The molecule has 164 valence electrons. The van der Waals surface area contributed by atoms with Crippen LogP contribution in [0.2, 0.25) is 0 Å². The topological polar surface area (TPSA) is 78.5 Å². The fourth-order valence-corrected chi connectivity index (χ4v) is 4.46. The SMILES string of the molecule is Cc1ccc(S(=O)(=O)NC(CC(C)C)C(=O)NCC(c2ccccc2)N(C)C)cc1. The van der Waals surface area contributed by atoms with Gasteiger partial charge in [-0.3, -0.25) is 4.79 Å². The zero-order chi connectivity index (χ0) is 22.3. The molecule has 0 heterocycles. The van der Waals surface area contributed by atoms with E-state index in [-0.39, 0.29) is 22.8 Å². The van der Waals surface area contributed by atoms with Crippen molar-refractivity contribution in [2.24, 2.45) is 5.92 Å². The summed E-state index contributed by atoms with van der Waals surface area (Å²) in [7, 11) is 0.113. The molecule has 0 fully saturated rings. The van der Waals surface area contributed by atoms with Crippen LogP contribution in [0.4, 0.5) is 0 Å². The maximum absolute atomic E-state index is 12.9. The summed E-state index contributed by atoms with van der Waals surface area (Å²) in [6.45, 7) is 6.21. The van der Waals surface area contributed by atoms with Gasteiger partial charge >= 0.3 is 0 Å². The molecule has 2 N–H and O–H groups in total. The number of hydrogen-bond acceptors (Lipinski definition) is 4. The van der Waals surface area contributed by atoms with E-state index in [1.165, 1.54) is 0 Å². The first kappa shape index (κ1) is 24.1. The molecule has 0 saturated heterocycles. The highest BCUT2D eigenvalue weighted by Crippen LogP contribution is 2.17. The lowest BCUT2D eigenvalue weighted by molar-refractivity contribution is -0.123. The minimum Gasteiger partial charge on any atom is -0.353 e. The number of rotatable bonds is 10. The van der Waals surface area contributed by atoms with Crippen molar-refractivity contribution in [2.75, 3.05) is 20.6 Å². The average Bonchev–Trinajstić information content (AvgIpc) is 2.68. The van der Waals surface area contributed by atoms with E-state index in [1.54, 1.807) is 24.3 Å². The van der Waals surface area contributed by atoms with E-state index in [9.17, 15) is 13.2 Å². The first-order valence-electron chi connectivity index (χ1n) is 10.2. The van der Waals surface area contributed by atoms with Gasteiger partial charge in [-0.25, -0.2) is 8.42 Å². The van der Waals surface area contributed by atoms with Crippen molar-refractivity contribution in [3.05, 3.63) is 65.7 Å². The molecule has 2 aromatic rings. The summed E-state index contributed by atoms with van der Waals surface area (Å²) in [5.74, 6) is -0.164. The Morgan fingerprint density at radius 3 is 2.13 bits per heavy atom. The molecular formula is C23H33N3O3S. The van der Waals surface area contributed by atoms with Gasteiger partial charge < -0.3 is 10.2 Å². The van der Waals surface area contributed by atoms with Gasteiger partial charge in [-0.1, -0.05) is 61.9 Å². The van der Waals surface area contributed by atoms with Crippen LogP contribution in [0.3, 0.4) is 0 Å². The molecule has 0 aliphatic heterocycles. The van der Waals surface area contributed by atoms with E-state index in [2.05, 4.69) is 10.0 Å². The number of aryl methyl sites for hydroxylation is 1. The predicted octanol–water partition coefficient (Wildman–Crippen LogP) is 3.11. The van der Waals surface area contributed by atoms with Crippen LogP contribution in [0.5, 0.6) is 0 Å². The molecule has 6 nitrogen and oxygen atoms in total. The molecule has 2 unspecified atom stereocenters. The molecular weight excluding hydrogens is 398 g/mol. The number of amides is 1. The van der Waals surface area contributed by atoms with Crippen molar-refractivity contribution >= 4 is 15.9 Å². The Balaban J connectivity index is 2.13. The maximum atomic E-state index is 12.9. The Morgan fingerprint density at radius 1 is 1.00 bits per heavy atom. The van der Waals surface area contributed by atoms with Gasteiger partial charge in [-0.2, -0.15) is 4.72 Å². The van der Waals surface area contributed by atoms with Crippen molar-refractivity contribution < 1.29 is 13.2 Å². The van der Waals surface area contributed by atoms with Crippen molar-refractivity contribution in [2.45, 2.75) is 44.2 Å². The second kappa shape index (κ2) is 10.7. The van der Waals surface area contributed by atoms with Crippen LogP contribution >= 0.6 is 0 Å². The first-order valence-corrected chi connectivity index (χ1v) is 11.7. The van der Waals surface area contributed by atoms with Gasteiger partial charge in [-0.15, -0.1) is 0 Å². The maximum Gasteiger partial charge on any atom is 0.241 e. The van der Waals surface area contributed by atoms with Crippen molar-refractivity contribution in [1.82, 2.24) is 14.9 Å². The van der Waals surface area contributed by atoms with Crippen LogP contribution in [-0.2, 0) is 14.8 Å². The van der Waals surface area contributed by atoms with Crippen molar-refractivity contribution in [3.63, 3.8) is 0 Å². The number of sulfonamides is 1. The van der Waals surface area contributed by atoms with Crippen LogP contribution < -0.4 is 10.0 Å². The van der Waals surface area contributed by atoms with E-state index >= 15 is 0 Å². The van der Waals surface area contributed by atoms with E-state index in [0.29, 0.717) is 13.0 Å². The third-order valence-corrected chi connectivity index (χ3v) is 6.42. The molecule has 1 amide bonds. The van der Waals surface area contributed by atoms with Crippen molar-refractivity contribution in [1.29, 1.82) is 0 Å². The molecule has 0 bridgehead atoms. The summed E-state index contributed by atoms with van der Waals surface area (Å²) in [4.78, 5) is 15.1. The van der Waals surface area contributed by atoms with Gasteiger partial charge in [0.1, 0.15) is 6.04 Å². The van der Waals surface area contributed by atoms with Gasteiger partial charge in [-0.05, 0) is 51.1 Å². The highest BCUT2D eigenvalue weighted by molar-refractivity contribution is 7.89. The lowest BCUT2D eigenvalue weighted by Crippen LogP contribution is -2.48. The van der Waals surface area contributed by atoms with Gasteiger partial charge in [0.05, 0.1) is 10.9 Å². The number of carbonyl (C=O) groups is 1. The second-order valence-corrected chi connectivity index (χ2v) is 9.97. The first-order chi connectivity index (χ1) is 14.1. The normalized spacial score (nSPS) is 14.0. The number of hydrogen-bond donors (Lipinski definition) is 2. The minimum atomic E-state index is -3.80. The summed E-state index contributed by atoms with van der Waals surface area (Å²) in [6, 6.07) is 15.7. The zero-order valence-corrected chi connectivity index (χ0v) is 19.2. The molecule has 2 atom stereocenters. The summed E-state index contributed by atoms with van der Waals surface area (Å²) in [5, 5.41) is 2.94. The zero-order valence-electron chi connectivity index (χ0n) is 18.4. The molecule has 0 spiro atoms. The van der Waals surface area contributed by atoms with E-state index in [4.69, 9.17) is 0 Å². The Hall–Kier alpha value is -2.22. The van der Waals surface area contributed by atoms with E-state index < -0.39 is 16.1 Å². The Morgan fingerprint density at radius 2 is 1.60 bits per heavy atom. The number of nitrogens with one attached hydrogen (secondary N) is 2. The molecule has 0 aliphatic carbocycles. The van der Waals surface area contributed by atoms with Gasteiger partial charge in [0.2, 0.25) is 15.9 Å². The monoisotopic (exact) mass is 431 g/mol. The Labute approximate surface area is 180 Å². The second-order valence-electron chi connectivity index (χ2n) is 8.25. The lowest BCUT2D eigenvalue weighted by Gasteiger charge is -2.27. The third-order valence-electron chi connectivity index (χ3n) is 4.93. The Bertz CT molecular complexity index is 910. The predicted molar refractivity (Wildman–Crippen MR) is 121 cm³/mol. The van der Waals surface area contributed by atoms with Crippen LogP contribution in [0.1, 0.15) is 37.4 Å². The molecule has 7 heteroatoms. The minimum absolute atomic E-state index is 0.0106. The highest BCUT2D eigenvalue weighted by Gasteiger charge is 2.27. The summed E-state index contributed by atoms with van der Waals surface area (Å²) >= 11 is 0. The van der Waals surface area contributed by atoms with E-state index in [0.717, 1.165) is 11.1 Å². The largest absolute Gasteiger partial charge is 0.353 e. The number of nitrogens with zero attached hydrogens (tertiary/aromatic N) is 1. The molecule has 0 aromatic heterocycles. The number of likely N-dealkylation sites (N-methyl/N-ethyl adjacent to an activating group) is 1. The molecule has 0 aliphatic rings. The van der Waals surface area contributed by atoms with Gasteiger partial charge in [0, 0.05) is 6.54 Å². The standard InChI is InChI=1S/C23H33N3O3S/c1-17(2)15-21(25-30(28,29)20-13-11-18(3)12-14-20)23(27)24-16-22(26(4)5)19-9-7-6-8-10-19/h6-14,17,21-22,25H,15-16H2,1-5H3,(H,24,27). The fraction of sp³-hybridized carbons (Fsp3) is 0.435. The van der Waals surface area contributed by atoms with Gasteiger partial charge in [0.25, 0.3) is 0 Å². The van der Waals surface area contributed by atoms with Crippen LogP contribution in [-0.4, -0.2) is 45.9 Å². The van der Waals surface area contributed by atoms with Gasteiger partial charge in [0.15, 0.2) is 0 Å².